The Morgan fingerprint density at radius 2 is 0.628 bits per heavy atom. The summed E-state index contributed by atoms with van der Waals surface area (Å²) in [4.78, 5) is 38.1. The van der Waals surface area contributed by atoms with Crippen molar-refractivity contribution >= 4 is 19.8 Å². The molecule has 0 fully saturated rings. The van der Waals surface area contributed by atoms with Crippen LogP contribution in [0, 0.1) is 0 Å². The minimum absolute atomic E-state index is 0.0365. The Morgan fingerprint density at radius 3 is 0.930 bits per heavy atom. The van der Waals surface area contributed by atoms with E-state index in [4.69, 9.17) is 18.5 Å². The summed E-state index contributed by atoms with van der Waals surface area (Å²) < 4.78 is 34.3. The fraction of sp³-hybridized carbons (Fsp3) is 0.684. The van der Waals surface area contributed by atoms with Crippen molar-refractivity contribution in [1.29, 1.82) is 0 Å². The SMILES string of the molecule is CC/C=C\C/C=C\C/C=C\C/C=C\C/C=C\C/C=C\CCCCCCCCCCCCCCCCCCCCC(=O)OC(COC(=O)CCCCCCCCCCC/C=C\C/C=C\C/C=C\C/C=C\C/C=C\CC)COP(=O)([O-])OCC[N+](C)(C)C. The number of rotatable bonds is 63. The van der Waals surface area contributed by atoms with Gasteiger partial charge in [-0.3, -0.25) is 14.2 Å². The summed E-state index contributed by atoms with van der Waals surface area (Å²) >= 11 is 0. The number of phosphoric acid groups is 1. The van der Waals surface area contributed by atoms with Crippen molar-refractivity contribution in [2.75, 3.05) is 47.5 Å². The predicted molar refractivity (Wildman–Crippen MR) is 369 cm³/mol. The van der Waals surface area contributed by atoms with Gasteiger partial charge in [0.1, 0.15) is 19.8 Å². The summed E-state index contributed by atoms with van der Waals surface area (Å²) in [5.74, 6) is -0.839. The molecule has 0 radical (unpaired) electrons. The van der Waals surface area contributed by atoms with Gasteiger partial charge in [0.15, 0.2) is 6.10 Å². The van der Waals surface area contributed by atoms with E-state index in [0.29, 0.717) is 17.4 Å². The normalized spacial score (nSPS) is 14.0. The molecule has 0 aromatic carbocycles. The van der Waals surface area contributed by atoms with Crippen molar-refractivity contribution in [3.05, 3.63) is 134 Å². The number of likely N-dealkylation sites (N-methyl/N-ethyl adjacent to an activating group) is 1. The van der Waals surface area contributed by atoms with E-state index in [2.05, 4.69) is 148 Å². The first-order chi connectivity index (χ1) is 42.0. The molecule has 0 aromatic heterocycles. The second kappa shape index (κ2) is 65.6. The molecule has 0 aliphatic carbocycles. The number of carbonyl (C=O) groups is 2. The van der Waals surface area contributed by atoms with Crippen molar-refractivity contribution in [2.24, 2.45) is 0 Å². The van der Waals surface area contributed by atoms with Gasteiger partial charge in [-0.1, -0.05) is 295 Å². The summed E-state index contributed by atoms with van der Waals surface area (Å²) in [6.45, 7) is 4.02. The van der Waals surface area contributed by atoms with Gasteiger partial charge in [-0.05, 0) is 109 Å². The summed E-state index contributed by atoms with van der Waals surface area (Å²) in [7, 11) is 1.16. The fourth-order valence-corrected chi connectivity index (χ4v) is 10.1. The van der Waals surface area contributed by atoms with Crippen LogP contribution >= 0.6 is 7.82 Å². The largest absolute Gasteiger partial charge is 0.756 e. The number of allylic oxidation sites excluding steroid dienone is 22. The smallest absolute Gasteiger partial charge is 0.306 e. The van der Waals surface area contributed by atoms with Crippen LogP contribution in [-0.4, -0.2) is 70.0 Å². The van der Waals surface area contributed by atoms with Gasteiger partial charge in [0.25, 0.3) is 7.82 Å². The van der Waals surface area contributed by atoms with Crippen molar-refractivity contribution < 1.29 is 42.1 Å². The minimum atomic E-state index is -4.65. The molecule has 0 bridgehead atoms. The lowest BCUT2D eigenvalue weighted by Gasteiger charge is -2.28. The molecule has 0 spiro atoms. The summed E-state index contributed by atoms with van der Waals surface area (Å²) in [5, 5.41) is 0. The number of unbranched alkanes of at least 4 members (excludes halogenated alkanes) is 27. The number of esters is 2. The first-order valence-electron chi connectivity index (χ1n) is 34.9. The zero-order valence-corrected chi connectivity index (χ0v) is 56.9. The van der Waals surface area contributed by atoms with Crippen LogP contribution < -0.4 is 4.89 Å². The van der Waals surface area contributed by atoms with Gasteiger partial charge < -0.3 is 27.9 Å². The first-order valence-corrected chi connectivity index (χ1v) is 36.4. The first kappa shape index (κ1) is 82.1. The van der Waals surface area contributed by atoms with E-state index < -0.39 is 26.5 Å². The van der Waals surface area contributed by atoms with Crippen LogP contribution in [0.5, 0.6) is 0 Å². The van der Waals surface area contributed by atoms with Gasteiger partial charge in [0.05, 0.1) is 27.7 Å². The Balaban J connectivity index is 4.05. The highest BCUT2D eigenvalue weighted by atomic mass is 31.2. The van der Waals surface area contributed by atoms with E-state index in [1.54, 1.807) is 0 Å². The average molecular weight is 1220 g/mol. The maximum atomic E-state index is 12.9. The molecule has 2 atom stereocenters. The van der Waals surface area contributed by atoms with Crippen LogP contribution in [0.25, 0.3) is 0 Å². The Hall–Kier alpha value is -3.85. The van der Waals surface area contributed by atoms with Gasteiger partial charge in [-0.2, -0.15) is 0 Å². The highest BCUT2D eigenvalue weighted by Gasteiger charge is 2.22. The van der Waals surface area contributed by atoms with E-state index in [0.717, 1.165) is 122 Å². The number of nitrogens with zero attached hydrogens (tertiary/aromatic N) is 1. The van der Waals surface area contributed by atoms with E-state index in [1.165, 1.54) is 128 Å². The molecule has 0 saturated heterocycles. The number of ether oxygens (including phenoxy) is 2. The Labute approximate surface area is 530 Å². The lowest BCUT2D eigenvalue weighted by atomic mass is 10.0. The number of hydrogen-bond donors (Lipinski definition) is 0. The quantitative estimate of drug-likeness (QED) is 0.0195. The molecular weight excluding hydrogens is 1090 g/mol. The Kier molecular flexibility index (Phi) is 62.7. The van der Waals surface area contributed by atoms with Gasteiger partial charge in [-0.25, -0.2) is 0 Å². The Bertz CT molecular complexity index is 1910. The summed E-state index contributed by atoms with van der Waals surface area (Å²) in [5.41, 5.74) is 0. The molecule has 0 N–H and O–H groups in total. The zero-order chi connectivity index (χ0) is 62.6. The molecule has 9 nitrogen and oxygen atoms in total. The van der Waals surface area contributed by atoms with E-state index in [9.17, 15) is 19.0 Å². The van der Waals surface area contributed by atoms with Crippen LogP contribution in [0.1, 0.15) is 284 Å². The van der Waals surface area contributed by atoms with Crippen LogP contribution in [0.2, 0.25) is 0 Å². The van der Waals surface area contributed by atoms with E-state index in [-0.39, 0.29) is 32.0 Å². The van der Waals surface area contributed by atoms with Gasteiger partial charge in [-0.15, -0.1) is 0 Å². The molecule has 0 rings (SSSR count). The molecule has 0 aliphatic rings. The monoisotopic (exact) mass is 1220 g/mol. The topological polar surface area (TPSA) is 111 Å². The average Bonchev–Trinajstić information content (AvgIpc) is 3.67. The van der Waals surface area contributed by atoms with Gasteiger partial charge in [0.2, 0.25) is 0 Å². The van der Waals surface area contributed by atoms with Gasteiger partial charge in [0, 0.05) is 12.8 Å². The van der Waals surface area contributed by atoms with Crippen LogP contribution in [-0.2, 0) is 32.7 Å². The maximum absolute atomic E-state index is 12.9. The molecule has 0 aliphatic heterocycles. The molecule has 0 amide bonds. The third-order valence-corrected chi connectivity index (χ3v) is 15.6. The molecular formula is C76H130NO8P. The number of carbonyl (C=O) groups excluding carboxylic acids is 2. The van der Waals surface area contributed by atoms with Crippen molar-refractivity contribution in [2.45, 2.75) is 290 Å². The molecule has 2 unspecified atom stereocenters. The molecule has 10 heteroatoms. The fourth-order valence-electron chi connectivity index (χ4n) is 9.39. The second-order valence-corrected chi connectivity index (χ2v) is 25.5. The van der Waals surface area contributed by atoms with Crippen molar-refractivity contribution in [3.63, 3.8) is 0 Å². The predicted octanol–water partition coefficient (Wildman–Crippen LogP) is 22.2. The molecule has 86 heavy (non-hydrogen) atoms. The molecule has 0 aromatic rings. The summed E-state index contributed by atoms with van der Waals surface area (Å²) in [6, 6.07) is 0. The lowest BCUT2D eigenvalue weighted by Crippen LogP contribution is -2.37. The van der Waals surface area contributed by atoms with Crippen molar-refractivity contribution in [3.8, 4) is 0 Å². The highest BCUT2D eigenvalue weighted by molar-refractivity contribution is 7.45. The Morgan fingerprint density at radius 1 is 0.360 bits per heavy atom. The highest BCUT2D eigenvalue weighted by Crippen LogP contribution is 2.38. The number of phosphoric ester groups is 1. The van der Waals surface area contributed by atoms with Crippen LogP contribution in [0.3, 0.4) is 0 Å². The maximum Gasteiger partial charge on any atom is 0.306 e. The standard InChI is InChI=1S/C76H130NO8P/c1-6-8-10-12-14-16-18-20-22-24-26-28-30-32-33-34-35-36-37-38-39-40-41-42-43-45-47-49-51-53-55-57-59-61-63-65-67-69-76(79)85-74(73-84-86(80,81)83-71-70-77(3,4)5)72-82-75(78)68-66-64-62-60-58-56-54-52-50-48-46-44-31-29-27-25-23-21-19-17-15-13-11-9-7-2/h8-11,14-17,20-23,26-29,32-33,35-36,44,46,74H,6-7,12-13,18-19,24-25,30-31,34,37-43,45,47-73H2,1-5H3/b10-8-,11-9-,16-14-,17-15-,22-20-,23-21-,28-26-,29-27-,33-32-,36-35-,46-44-. The van der Waals surface area contributed by atoms with Crippen LogP contribution in [0.15, 0.2) is 134 Å². The number of quaternary nitrogens is 1. The van der Waals surface area contributed by atoms with E-state index in [1.807, 2.05) is 21.1 Å². The van der Waals surface area contributed by atoms with Crippen molar-refractivity contribution in [1.82, 2.24) is 0 Å². The second-order valence-electron chi connectivity index (χ2n) is 24.1. The number of hydrogen-bond acceptors (Lipinski definition) is 8. The lowest BCUT2D eigenvalue weighted by molar-refractivity contribution is -0.870. The third kappa shape index (κ3) is 69.3. The molecule has 492 valence electrons. The molecule has 0 heterocycles. The minimum Gasteiger partial charge on any atom is -0.756 e. The van der Waals surface area contributed by atoms with Gasteiger partial charge >= 0.3 is 11.9 Å². The van der Waals surface area contributed by atoms with Crippen LogP contribution in [0.4, 0.5) is 0 Å². The molecule has 0 saturated carbocycles. The summed E-state index contributed by atoms with van der Waals surface area (Å²) in [6.07, 6.45) is 95.3. The third-order valence-electron chi connectivity index (χ3n) is 14.7. The van der Waals surface area contributed by atoms with E-state index >= 15 is 0 Å². The zero-order valence-electron chi connectivity index (χ0n) is 56.0.